The van der Waals surface area contributed by atoms with E-state index in [9.17, 15) is 0 Å². The third-order valence-corrected chi connectivity index (χ3v) is 5.98. The number of aliphatic imine (C=N–C) groups is 1. The maximum atomic E-state index is 4.58. The molecule has 2 N–H and O–H groups in total. The van der Waals surface area contributed by atoms with Crippen LogP contribution in [0, 0.1) is 0 Å². The molecule has 0 atom stereocenters. The van der Waals surface area contributed by atoms with Gasteiger partial charge in [0.25, 0.3) is 0 Å². The minimum atomic E-state index is 0. The van der Waals surface area contributed by atoms with E-state index < -0.39 is 0 Å². The summed E-state index contributed by atoms with van der Waals surface area (Å²) in [4.78, 5) is 8.91. The molecule has 1 heterocycles. The Morgan fingerprint density at radius 3 is 2.76 bits per heavy atom. The molecule has 1 aromatic carbocycles. The van der Waals surface area contributed by atoms with Crippen molar-refractivity contribution in [2.75, 3.05) is 13.6 Å². The van der Waals surface area contributed by atoms with E-state index in [0.29, 0.717) is 6.54 Å². The highest BCUT2D eigenvalue weighted by Crippen LogP contribution is 2.48. The second-order valence-electron chi connectivity index (χ2n) is 6.16. The van der Waals surface area contributed by atoms with Crippen molar-refractivity contribution >= 4 is 57.2 Å². The van der Waals surface area contributed by atoms with Gasteiger partial charge in [-0.1, -0.05) is 35.0 Å². The molecule has 136 valence electrons. The van der Waals surface area contributed by atoms with Crippen LogP contribution in [0.3, 0.4) is 0 Å². The second-order valence-corrected chi connectivity index (χ2v) is 8.01. The lowest BCUT2D eigenvalue weighted by molar-refractivity contribution is 0.644. The number of nitrogens with zero attached hydrogens (tertiary/aromatic N) is 2. The van der Waals surface area contributed by atoms with Gasteiger partial charge in [-0.2, -0.15) is 0 Å². The fourth-order valence-corrected chi connectivity index (χ4v) is 3.92. The lowest BCUT2D eigenvalue weighted by atomic mass is 9.96. The van der Waals surface area contributed by atoms with Crippen LogP contribution in [0.15, 0.2) is 39.1 Å². The zero-order valence-corrected chi connectivity index (χ0v) is 19.2. The maximum Gasteiger partial charge on any atom is 0.191 e. The van der Waals surface area contributed by atoms with Gasteiger partial charge >= 0.3 is 0 Å². The maximum absolute atomic E-state index is 4.58. The molecule has 0 amide bonds. The number of thiazole rings is 1. The molecule has 7 heteroatoms. The van der Waals surface area contributed by atoms with E-state index in [1.54, 1.807) is 11.3 Å². The second kappa shape index (κ2) is 9.32. The monoisotopic (exact) mass is 534 g/mol. The number of hydrogen-bond donors (Lipinski definition) is 2. The lowest BCUT2D eigenvalue weighted by Gasteiger charge is -2.19. The van der Waals surface area contributed by atoms with Gasteiger partial charge in [0.15, 0.2) is 5.96 Å². The molecule has 2 aromatic rings. The van der Waals surface area contributed by atoms with Gasteiger partial charge in [0.1, 0.15) is 0 Å². The molecule has 1 aliphatic rings. The molecular formula is C18H24BrIN4S. The van der Waals surface area contributed by atoms with Crippen LogP contribution in [0.2, 0.25) is 0 Å². The van der Waals surface area contributed by atoms with Crippen molar-refractivity contribution in [3.63, 3.8) is 0 Å². The van der Waals surface area contributed by atoms with Crippen molar-refractivity contribution in [1.29, 1.82) is 0 Å². The smallest absolute Gasteiger partial charge is 0.191 e. The number of guanidine groups is 1. The number of nitrogens with one attached hydrogen (secondary N) is 2. The van der Waals surface area contributed by atoms with Crippen LogP contribution >= 0.6 is 51.2 Å². The van der Waals surface area contributed by atoms with Crippen molar-refractivity contribution < 1.29 is 0 Å². The minimum Gasteiger partial charge on any atom is -0.356 e. The summed E-state index contributed by atoms with van der Waals surface area (Å²) in [6.45, 7) is 3.74. The quantitative estimate of drug-likeness (QED) is 0.326. The number of hydrogen-bond acceptors (Lipinski definition) is 3. The Kier molecular flexibility index (Phi) is 7.69. The van der Waals surface area contributed by atoms with Gasteiger partial charge in [0, 0.05) is 28.9 Å². The van der Waals surface area contributed by atoms with Crippen LogP contribution in [0.1, 0.15) is 36.0 Å². The summed E-state index contributed by atoms with van der Waals surface area (Å²) in [5.41, 5.74) is 2.72. The Hall–Kier alpha value is -0.670. The molecule has 0 unspecified atom stereocenters. The molecule has 25 heavy (non-hydrogen) atoms. The van der Waals surface area contributed by atoms with Crippen LogP contribution in [-0.2, 0) is 18.4 Å². The van der Waals surface area contributed by atoms with E-state index in [4.69, 9.17) is 0 Å². The van der Waals surface area contributed by atoms with E-state index >= 15 is 0 Å². The average molecular weight is 535 g/mol. The Labute approximate surface area is 179 Å². The van der Waals surface area contributed by atoms with E-state index in [2.05, 4.69) is 73.1 Å². The Bertz CT molecular complexity index is 727. The average Bonchev–Trinajstić information content (AvgIpc) is 3.25. The summed E-state index contributed by atoms with van der Waals surface area (Å²) in [6, 6.07) is 8.63. The highest BCUT2D eigenvalue weighted by molar-refractivity contribution is 14.0. The van der Waals surface area contributed by atoms with Gasteiger partial charge in [0.2, 0.25) is 0 Å². The third kappa shape index (κ3) is 5.40. The van der Waals surface area contributed by atoms with E-state index in [0.717, 1.165) is 29.1 Å². The summed E-state index contributed by atoms with van der Waals surface area (Å²) < 4.78 is 1.14. The Morgan fingerprint density at radius 1 is 1.36 bits per heavy atom. The molecule has 0 bridgehead atoms. The molecule has 1 fully saturated rings. The van der Waals surface area contributed by atoms with Crippen LogP contribution in [0.25, 0.3) is 0 Å². The Morgan fingerprint density at radius 2 is 2.16 bits per heavy atom. The zero-order valence-electron chi connectivity index (χ0n) is 14.5. The van der Waals surface area contributed by atoms with E-state index in [1.807, 2.05) is 7.05 Å². The predicted molar refractivity (Wildman–Crippen MR) is 120 cm³/mol. The van der Waals surface area contributed by atoms with Crippen molar-refractivity contribution in [3.05, 3.63) is 50.4 Å². The van der Waals surface area contributed by atoms with Crippen LogP contribution in [-0.4, -0.2) is 24.5 Å². The third-order valence-electron chi connectivity index (χ3n) is 4.45. The number of rotatable bonds is 6. The normalized spacial score (nSPS) is 15.4. The van der Waals surface area contributed by atoms with Gasteiger partial charge in [-0.15, -0.1) is 35.3 Å². The van der Waals surface area contributed by atoms with Crippen LogP contribution in [0.4, 0.5) is 0 Å². The summed E-state index contributed by atoms with van der Waals surface area (Å²) in [5, 5.41) is 10.1. The summed E-state index contributed by atoms with van der Waals surface area (Å²) in [6.07, 6.45) is 3.44. The Balaban J connectivity index is 0.00000225. The van der Waals surface area contributed by atoms with Crippen molar-refractivity contribution in [2.45, 2.75) is 38.1 Å². The van der Waals surface area contributed by atoms with Crippen LogP contribution in [0.5, 0.6) is 0 Å². The van der Waals surface area contributed by atoms with Gasteiger partial charge < -0.3 is 10.6 Å². The highest BCUT2D eigenvalue weighted by atomic mass is 127. The standard InChI is InChI=1S/C18H23BrN4S.HI/c1-3-16-23-15(11-24-16)10-21-17(20-2)22-12-18(7-8-18)13-5-4-6-14(19)9-13;/h4-6,9,11H,3,7-8,10,12H2,1-2H3,(H2,20,21,22);1H. The molecule has 4 nitrogen and oxygen atoms in total. The number of aromatic nitrogens is 1. The SMILES string of the molecule is CCc1nc(CNC(=NC)NCC2(c3cccc(Br)c3)CC2)cs1.I. The zero-order chi connectivity index (χ0) is 17.0. The molecule has 3 rings (SSSR count). The van der Waals surface area contributed by atoms with Gasteiger partial charge in [-0.05, 0) is 37.0 Å². The summed E-state index contributed by atoms with van der Waals surface area (Å²) in [5.74, 6) is 0.835. The molecule has 0 saturated heterocycles. The first kappa shape index (κ1) is 20.6. The van der Waals surface area contributed by atoms with Gasteiger partial charge in [0.05, 0.1) is 17.2 Å². The first-order chi connectivity index (χ1) is 11.6. The minimum absolute atomic E-state index is 0. The lowest BCUT2D eigenvalue weighted by Crippen LogP contribution is -2.41. The van der Waals surface area contributed by atoms with E-state index in [1.165, 1.54) is 23.4 Å². The summed E-state index contributed by atoms with van der Waals surface area (Å²) >= 11 is 5.29. The summed E-state index contributed by atoms with van der Waals surface area (Å²) in [7, 11) is 1.81. The molecule has 1 saturated carbocycles. The first-order valence-electron chi connectivity index (χ1n) is 8.29. The molecule has 0 spiro atoms. The molecular weight excluding hydrogens is 511 g/mol. The van der Waals surface area contributed by atoms with Crippen molar-refractivity contribution in [1.82, 2.24) is 15.6 Å². The largest absolute Gasteiger partial charge is 0.356 e. The molecule has 1 aliphatic carbocycles. The van der Waals surface area contributed by atoms with Crippen LogP contribution < -0.4 is 10.6 Å². The number of halogens is 2. The van der Waals surface area contributed by atoms with Crippen molar-refractivity contribution in [3.8, 4) is 0 Å². The molecule has 0 radical (unpaired) electrons. The molecule has 0 aliphatic heterocycles. The number of aryl methyl sites for hydroxylation is 1. The topological polar surface area (TPSA) is 49.3 Å². The predicted octanol–water partition coefficient (Wildman–Crippen LogP) is 4.48. The van der Waals surface area contributed by atoms with E-state index in [-0.39, 0.29) is 29.4 Å². The fraction of sp³-hybridized carbons (Fsp3) is 0.444. The fourth-order valence-electron chi connectivity index (χ4n) is 2.78. The van der Waals surface area contributed by atoms with Crippen molar-refractivity contribution in [2.24, 2.45) is 4.99 Å². The van der Waals surface area contributed by atoms with Gasteiger partial charge in [-0.25, -0.2) is 4.98 Å². The number of benzene rings is 1. The molecule has 1 aromatic heterocycles. The first-order valence-corrected chi connectivity index (χ1v) is 9.96. The highest BCUT2D eigenvalue weighted by Gasteiger charge is 2.44. The van der Waals surface area contributed by atoms with Gasteiger partial charge in [-0.3, -0.25) is 4.99 Å².